The average Bonchev–Trinajstić information content (AvgIpc) is 3.78. The summed E-state index contributed by atoms with van der Waals surface area (Å²) in [5.74, 6) is -0.0639. The molecule has 216 valence electrons. The lowest BCUT2D eigenvalue weighted by Crippen LogP contribution is -2.51. The van der Waals surface area contributed by atoms with Gasteiger partial charge in [0, 0.05) is 25.7 Å². The van der Waals surface area contributed by atoms with Crippen LogP contribution in [0.4, 0.5) is 4.79 Å². The third-order valence-electron chi connectivity index (χ3n) is 8.43. The zero-order valence-electron chi connectivity index (χ0n) is 24.9. The molecule has 3 aromatic carbocycles. The lowest BCUT2D eigenvalue weighted by Gasteiger charge is -2.40. The Morgan fingerprint density at radius 1 is 0.951 bits per heavy atom. The molecule has 0 unspecified atom stereocenters. The van der Waals surface area contributed by atoms with E-state index in [-0.39, 0.29) is 35.6 Å². The smallest absolute Gasteiger partial charge is 0.410 e. The number of benzene rings is 3. The molecule has 2 aliphatic rings. The van der Waals surface area contributed by atoms with Crippen molar-refractivity contribution in [3.63, 3.8) is 0 Å². The number of carbonyl (C=O) groups excluding carboxylic acids is 2. The van der Waals surface area contributed by atoms with Crippen LogP contribution in [0.15, 0.2) is 66.7 Å². The Morgan fingerprint density at radius 3 is 2.34 bits per heavy atom. The molecule has 0 bridgehead atoms. The van der Waals surface area contributed by atoms with E-state index in [1.54, 1.807) is 17.0 Å². The Morgan fingerprint density at radius 2 is 1.66 bits per heavy atom. The third-order valence-corrected chi connectivity index (χ3v) is 8.43. The summed E-state index contributed by atoms with van der Waals surface area (Å²) >= 11 is 0. The van der Waals surface area contributed by atoms with Crippen molar-refractivity contribution in [2.75, 3.05) is 13.1 Å². The monoisotopic (exact) mass is 554 g/mol. The van der Waals surface area contributed by atoms with E-state index in [0.29, 0.717) is 26.1 Å². The van der Waals surface area contributed by atoms with Crippen LogP contribution >= 0.6 is 0 Å². The first kappa shape index (κ1) is 28.7. The highest BCUT2D eigenvalue weighted by Crippen LogP contribution is 2.39. The van der Waals surface area contributed by atoms with Gasteiger partial charge in [0.05, 0.1) is 5.92 Å². The van der Waals surface area contributed by atoms with Crippen LogP contribution in [0.2, 0.25) is 0 Å². The highest BCUT2D eigenvalue weighted by molar-refractivity contribution is 5.82. The number of nitrogens with zero attached hydrogens (tertiary/aromatic N) is 2. The number of phenolic OH excluding ortho intramolecular Hbond substituents is 1. The number of ether oxygens (including phenoxy) is 1. The van der Waals surface area contributed by atoms with E-state index in [1.807, 2.05) is 39.0 Å². The van der Waals surface area contributed by atoms with Gasteiger partial charge < -0.3 is 19.6 Å². The molecule has 0 aromatic heterocycles. The van der Waals surface area contributed by atoms with Crippen molar-refractivity contribution in [1.82, 2.24) is 9.80 Å². The Kier molecular flexibility index (Phi) is 8.12. The maximum absolute atomic E-state index is 14.5. The number of aryl methyl sites for hydroxylation is 1. The maximum Gasteiger partial charge on any atom is 0.410 e. The van der Waals surface area contributed by atoms with Crippen LogP contribution in [-0.2, 0) is 16.1 Å². The van der Waals surface area contributed by atoms with Crippen molar-refractivity contribution in [3.05, 3.63) is 89.0 Å². The number of likely N-dealkylation sites (tertiary alicyclic amines) is 1. The summed E-state index contributed by atoms with van der Waals surface area (Å²) in [6, 6.07) is 22.1. The van der Waals surface area contributed by atoms with Gasteiger partial charge in [-0.25, -0.2) is 4.79 Å². The molecule has 1 saturated carbocycles. The van der Waals surface area contributed by atoms with Gasteiger partial charge in [-0.15, -0.1) is 0 Å². The Hall–Kier alpha value is -3.80. The van der Waals surface area contributed by atoms with Crippen LogP contribution in [0.5, 0.6) is 5.75 Å². The van der Waals surface area contributed by atoms with Crippen LogP contribution in [-0.4, -0.2) is 51.6 Å². The number of hydrogen-bond donors (Lipinski definition) is 1. The number of rotatable bonds is 6. The summed E-state index contributed by atoms with van der Waals surface area (Å²) in [5.41, 5.74) is 6.17. The first-order valence-corrected chi connectivity index (χ1v) is 14.7. The Balaban J connectivity index is 1.47. The molecule has 0 spiro atoms. The zero-order valence-corrected chi connectivity index (χ0v) is 24.9. The van der Waals surface area contributed by atoms with Gasteiger partial charge in [0.25, 0.3) is 0 Å². The second-order valence-corrected chi connectivity index (χ2v) is 12.7. The fourth-order valence-electron chi connectivity index (χ4n) is 5.85. The van der Waals surface area contributed by atoms with Gasteiger partial charge in [0.2, 0.25) is 5.91 Å². The van der Waals surface area contributed by atoms with Crippen molar-refractivity contribution in [2.24, 2.45) is 5.92 Å². The highest BCUT2D eigenvalue weighted by Gasteiger charge is 2.43. The standard InChI is InChI=1S/C35H42N2O4/c1-23-8-6-11-28(24(23)2)21-37(29-14-15-29)33(39)32-22-36(34(40)41-35(3,4)5)19-18-31(32)27-10-7-9-26(20-27)25-12-16-30(38)17-13-25/h6-13,16-17,20,29,31-32,38H,14-15,18-19,21-22H2,1-5H3/t31-,32+/m1/s1. The van der Waals surface area contributed by atoms with Crippen LogP contribution in [0.3, 0.4) is 0 Å². The Labute approximate surface area is 243 Å². The van der Waals surface area contributed by atoms with E-state index in [9.17, 15) is 14.7 Å². The summed E-state index contributed by atoms with van der Waals surface area (Å²) in [6.45, 7) is 11.3. The van der Waals surface area contributed by atoms with Gasteiger partial charge in [-0.3, -0.25) is 4.79 Å². The van der Waals surface area contributed by atoms with Gasteiger partial charge in [-0.05, 0) is 105 Å². The molecule has 2 fully saturated rings. The minimum atomic E-state index is -0.603. The van der Waals surface area contributed by atoms with Crippen molar-refractivity contribution >= 4 is 12.0 Å². The quantitative estimate of drug-likeness (QED) is 0.350. The van der Waals surface area contributed by atoms with Gasteiger partial charge in [0.15, 0.2) is 0 Å². The number of carbonyl (C=O) groups is 2. The average molecular weight is 555 g/mol. The summed E-state index contributed by atoms with van der Waals surface area (Å²) in [5, 5.41) is 9.75. The van der Waals surface area contributed by atoms with Gasteiger partial charge in [-0.1, -0.05) is 54.6 Å². The van der Waals surface area contributed by atoms with Crippen LogP contribution in [0, 0.1) is 19.8 Å². The van der Waals surface area contributed by atoms with Crippen molar-refractivity contribution < 1.29 is 19.4 Å². The SMILES string of the molecule is Cc1cccc(CN(C(=O)[C@H]2CN(C(=O)OC(C)(C)C)CC[C@@H]2c2cccc(-c3ccc(O)cc3)c2)C2CC2)c1C. The molecular weight excluding hydrogens is 512 g/mol. The van der Waals surface area contributed by atoms with Crippen molar-refractivity contribution in [3.8, 4) is 16.9 Å². The largest absolute Gasteiger partial charge is 0.508 e. The van der Waals surface area contributed by atoms with E-state index in [2.05, 4.69) is 55.1 Å². The molecule has 1 heterocycles. The first-order chi connectivity index (χ1) is 19.5. The minimum absolute atomic E-state index is 0.0295. The molecule has 3 aromatic rings. The van der Waals surface area contributed by atoms with E-state index < -0.39 is 5.60 Å². The van der Waals surface area contributed by atoms with Crippen LogP contribution < -0.4 is 0 Å². The molecule has 0 radical (unpaired) electrons. The van der Waals surface area contributed by atoms with Crippen LogP contribution in [0.25, 0.3) is 11.1 Å². The van der Waals surface area contributed by atoms with E-state index in [0.717, 1.165) is 29.5 Å². The van der Waals surface area contributed by atoms with Crippen molar-refractivity contribution in [1.29, 1.82) is 0 Å². The molecule has 1 aliphatic carbocycles. The summed E-state index contributed by atoms with van der Waals surface area (Å²) in [7, 11) is 0. The summed E-state index contributed by atoms with van der Waals surface area (Å²) in [4.78, 5) is 31.5. The molecule has 1 saturated heterocycles. The van der Waals surface area contributed by atoms with Crippen LogP contribution in [0.1, 0.15) is 68.2 Å². The van der Waals surface area contributed by atoms with Gasteiger partial charge in [0.1, 0.15) is 11.4 Å². The second-order valence-electron chi connectivity index (χ2n) is 12.7. The molecule has 41 heavy (non-hydrogen) atoms. The molecule has 1 aliphatic heterocycles. The summed E-state index contributed by atoms with van der Waals surface area (Å²) in [6.07, 6.45) is 2.34. The molecular formula is C35H42N2O4. The topological polar surface area (TPSA) is 70.1 Å². The fourth-order valence-corrected chi connectivity index (χ4v) is 5.85. The normalized spacial score (nSPS) is 19.1. The number of piperidine rings is 1. The lowest BCUT2D eigenvalue weighted by atomic mass is 9.79. The number of aromatic hydroxyl groups is 1. The number of amides is 2. The maximum atomic E-state index is 14.5. The fraction of sp³-hybridized carbons (Fsp3) is 0.429. The minimum Gasteiger partial charge on any atom is -0.508 e. The molecule has 6 nitrogen and oxygen atoms in total. The zero-order chi connectivity index (χ0) is 29.3. The first-order valence-electron chi connectivity index (χ1n) is 14.7. The lowest BCUT2D eigenvalue weighted by molar-refractivity contribution is -0.139. The molecule has 5 rings (SSSR count). The Bertz CT molecular complexity index is 1400. The number of hydrogen-bond acceptors (Lipinski definition) is 4. The molecule has 1 N–H and O–H groups in total. The van der Waals surface area contributed by atoms with E-state index >= 15 is 0 Å². The highest BCUT2D eigenvalue weighted by atomic mass is 16.6. The third kappa shape index (κ3) is 6.75. The van der Waals surface area contributed by atoms with Gasteiger partial charge >= 0.3 is 6.09 Å². The molecule has 2 atom stereocenters. The predicted octanol–water partition coefficient (Wildman–Crippen LogP) is 7.21. The number of phenols is 1. The molecule has 6 heteroatoms. The predicted molar refractivity (Wildman–Crippen MR) is 162 cm³/mol. The summed E-state index contributed by atoms with van der Waals surface area (Å²) < 4.78 is 5.72. The van der Waals surface area contributed by atoms with Gasteiger partial charge in [-0.2, -0.15) is 0 Å². The van der Waals surface area contributed by atoms with Crippen molar-refractivity contribution in [2.45, 2.75) is 78.0 Å². The second kappa shape index (κ2) is 11.6. The van der Waals surface area contributed by atoms with E-state index in [1.165, 1.54) is 16.7 Å². The molecule has 2 amide bonds. The van der Waals surface area contributed by atoms with E-state index in [4.69, 9.17) is 4.74 Å².